The lowest BCUT2D eigenvalue weighted by molar-refractivity contribution is 0.185. The predicted molar refractivity (Wildman–Crippen MR) is 117 cm³/mol. The number of amides is 2. The fourth-order valence-corrected chi connectivity index (χ4v) is 3.74. The van der Waals surface area contributed by atoms with Gasteiger partial charge in [-0.2, -0.15) is 0 Å². The molecule has 6 heteroatoms. The fourth-order valence-electron chi connectivity index (χ4n) is 3.74. The summed E-state index contributed by atoms with van der Waals surface area (Å²) in [5.74, 6) is 0.978. The van der Waals surface area contributed by atoms with E-state index in [2.05, 4.69) is 57.2 Å². The van der Waals surface area contributed by atoms with Gasteiger partial charge in [0, 0.05) is 31.7 Å². The minimum Gasteiger partial charge on any atom is -0.339 e. The number of piperazine rings is 1. The quantitative estimate of drug-likeness (QED) is 0.740. The number of nitrogens with zero attached hydrogens (tertiary/aromatic N) is 4. The first-order valence-corrected chi connectivity index (χ1v) is 10.2. The van der Waals surface area contributed by atoms with E-state index >= 15 is 0 Å². The van der Waals surface area contributed by atoms with Crippen molar-refractivity contribution in [2.24, 2.45) is 0 Å². The molecule has 29 heavy (non-hydrogen) atoms. The highest BCUT2D eigenvalue weighted by Crippen LogP contribution is 2.25. The topological polar surface area (TPSA) is 53.4 Å². The molecule has 0 atom stereocenters. The van der Waals surface area contributed by atoms with Crippen LogP contribution in [0.25, 0.3) is 11.0 Å². The second kappa shape index (κ2) is 7.78. The standard InChI is InChI=1S/C23H29N5O/c1-23(2,3)25-22(29)27-15-13-26(14-16-27)21-24-19-11-7-8-12-20(19)28(21)17-18-9-5-4-6-10-18/h4-12H,13-17H2,1-3H3,(H,25,29). The second-order valence-corrected chi connectivity index (χ2v) is 8.63. The molecule has 152 valence electrons. The molecule has 4 rings (SSSR count). The summed E-state index contributed by atoms with van der Waals surface area (Å²) in [4.78, 5) is 21.6. The highest BCUT2D eigenvalue weighted by atomic mass is 16.2. The van der Waals surface area contributed by atoms with Crippen molar-refractivity contribution in [3.63, 3.8) is 0 Å². The number of imidazole rings is 1. The number of hydrogen-bond donors (Lipinski definition) is 1. The summed E-state index contributed by atoms with van der Waals surface area (Å²) in [6, 6.07) is 18.8. The molecule has 1 fully saturated rings. The van der Waals surface area contributed by atoms with Crippen LogP contribution in [-0.4, -0.2) is 52.2 Å². The maximum Gasteiger partial charge on any atom is 0.317 e. The molecule has 1 aliphatic heterocycles. The van der Waals surface area contributed by atoms with Gasteiger partial charge in [0.1, 0.15) is 0 Å². The highest BCUT2D eigenvalue weighted by Gasteiger charge is 2.26. The molecule has 0 aliphatic carbocycles. The van der Waals surface area contributed by atoms with Crippen molar-refractivity contribution in [1.82, 2.24) is 19.8 Å². The SMILES string of the molecule is CC(C)(C)NC(=O)N1CCN(c2nc3ccccc3n2Cc2ccccc2)CC1. The van der Waals surface area contributed by atoms with Crippen molar-refractivity contribution in [2.75, 3.05) is 31.1 Å². The van der Waals surface area contributed by atoms with Gasteiger partial charge in [-0.05, 0) is 38.5 Å². The van der Waals surface area contributed by atoms with E-state index in [9.17, 15) is 4.79 Å². The Morgan fingerprint density at radius 1 is 0.966 bits per heavy atom. The van der Waals surface area contributed by atoms with Crippen LogP contribution in [0, 0.1) is 0 Å². The first kappa shape index (κ1) is 19.3. The summed E-state index contributed by atoms with van der Waals surface area (Å²) in [6.07, 6.45) is 0. The molecule has 0 radical (unpaired) electrons. The molecule has 2 aromatic carbocycles. The number of aromatic nitrogens is 2. The number of anilines is 1. The first-order valence-electron chi connectivity index (χ1n) is 10.2. The van der Waals surface area contributed by atoms with Crippen molar-refractivity contribution < 1.29 is 4.79 Å². The Morgan fingerprint density at radius 2 is 1.62 bits per heavy atom. The van der Waals surface area contributed by atoms with E-state index in [1.165, 1.54) is 5.56 Å². The minimum atomic E-state index is -0.224. The van der Waals surface area contributed by atoms with Crippen LogP contribution in [0.2, 0.25) is 0 Å². The van der Waals surface area contributed by atoms with Crippen molar-refractivity contribution in [3.8, 4) is 0 Å². The molecule has 1 saturated heterocycles. The number of para-hydroxylation sites is 2. The summed E-state index contributed by atoms with van der Waals surface area (Å²) >= 11 is 0. The predicted octanol–water partition coefficient (Wildman–Crippen LogP) is 3.71. The Labute approximate surface area is 172 Å². The van der Waals surface area contributed by atoms with Crippen molar-refractivity contribution >= 4 is 23.0 Å². The van der Waals surface area contributed by atoms with Crippen LogP contribution >= 0.6 is 0 Å². The molecular formula is C23H29N5O. The molecule has 2 heterocycles. The number of urea groups is 1. The van der Waals surface area contributed by atoms with Gasteiger partial charge in [-0.1, -0.05) is 42.5 Å². The maximum atomic E-state index is 12.5. The van der Waals surface area contributed by atoms with Gasteiger partial charge in [-0.15, -0.1) is 0 Å². The molecule has 1 aromatic heterocycles. The van der Waals surface area contributed by atoms with Crippen LogP contribution in [0.1, 0.15) is 26.3 Å². The van der Waals surface area contributed by atoms with E-state index < -0.39 is 0 Å². The molecular weight excluding hydrogens is 362 g/mol. The number of carbonyl (C=O) groups is 1. The Hall–Kier alpha value is -3.02. The van der Waals surface area contributed by atoms with Crippen LogP contribution in [-0.2, 0) is 6.54 Å². The van der Waals surface area contributed by atoms with Gasteiger partial charge in [0.25, 0.3) is 0 Å². The molecule has 3 aromatic rings. The minimum absolute atomic E-state index is 0.00920. The number of nitrogens with one attached hydrogen (secondary N) is 1. The lowest BCUT2D eigenvalue weighted by Gasteiger charge is -2.37. The summed E-state index contributed by atoms with van der Waals surface area (Å²) < 4.78 is 2.29. The van der Waals surface area contributed by atoms with Gasteiger partial charge >= 0.3 is 6.03 Å². The second-order valence-electron chi connectivity index (χ2n) is 8.63. The average molecular weight is 392 g/mol. The van der Waals surface area contributed by atoms with E-state index in [1.54, 1.807) is 0 Å². The summed E-state index contributed by atoms with van der Waals surface area (Å²) in [7, 11) is 0. The lowest BCUT2D eigenvalue weighted by atomic mass is 10.1. The molecule has 0 unspecified atom stereocenters. The number of carbonyl (C=O) groups excluding carboxylic acids is 1. The smallest absolute Gasteiger partial charge is 0.317 e. The fraction of sp³-hybridized carbons (Fsp3) is 0.391. The molecule has 1 aliphatic rings. The zero-order valence-corrected chi connectivity index (χ0v) is 17.4. The first-order chi connectivity index (χ1) is 13.9. The highest BCUT2D eigenvalue weighted by molar-refractivity contribution is 5.79. The van der Waals surface area contributed by atoms with Gasteiger partial charge in [-0.25, -0.2) is 9.78 Å². The normalized spacial score (nSPS) is 15.0. The lowest BCUT2D eigenvalue weighted by Crippen LogP contribution is -2.55. The Bertz CT molecular complexity index is 981. The van der Waals surface area contributed by atoms with Crippen LogP contribution < -0.4 is 10.2 Å². The Kier molecular flexibility index (Phi) is 5.18. The maximum absolute atomic E-state index is 12.5. The number of hydrogen-bond acceptors (Lipinski definition) is 3. The third-order valence-corrected chi connectivity index (χ3v) is 5.15. The monoisotopic (exact) mass is 391 g/mol. The molecule has 0 saturated carbocycles. The Balaban J connectivity index is 1.55. The zero-order chi connectivity index (χ0) is 20.4. The van der Waals surface area contributed by atoms with E-state index in [4.69, 9.17) is 4.98 Å². The number of benzene rings is 2. The molecule has 2 amide bonds. The Morgan fingerprint density at radius 3 is 2.31 bits per heavy atom. The van der Waals surface area contributed by atoms with Gasteiger partial charge in [0.15, 0.2) is 0 Å². The number of fused-ring (bicyclic) bond motifs is 1. The van der Waals surface area contributed by atoms with E-state index in [-0.39, 0.29) is 11.6 Å². The third-order valence-electron chi connectivity index (χ3n) is 5.15. The van der Waals surface area contributed by atoms with Gasteiger partial charge in [0.05, 0.1) is 17.6 Å². The molecule has 6 nitrogen and oxygen atoms in total. The van der Waals surface area contributed by atoms with Crippen LogP contribution in [0.4, 0.5) is 10.7 Å². The summed E-state index contributed by atoms with van der Waals surface area (Å²) in [5, 5.41) is 3.06. The molecule has 1 N–H and O–H groups in total. The van der Waals surface area contributed by atoms with Gasteiger partial charge in [0.2, 0.25) is 5.95 Å². The van der Waals surface area contributed by atoms with Crippen molar-refractivity contribution in [1.29, 1.82) is 0 Å². The van der Waals surface area contributed by atoms with Crippen molar-refractivity contribution in [2.45, 2.75) is 32.9 Å². The van der Waals surface area contributed by atoms with Crippen LogP contribution in [0.5, 0.6) is 0 Å². The van der Waals surface area contributed by atoms with Crippen molar-refractivity contribution in [3.05, 3.63) is 60.2 Å². The van der Waals surface area contributed by atoms with Gasteiger partial charge < -0.3 is 19.7 Å². The summed E-state index contributed by atoms with van der Waals surface area (Å²) in [6.45, 7) is 9.73. The summed E-state index contributed by atoms with van der Waals surface area (Å²) in [5.41, 5.74) is 3.17. The average Bonchev–Trinajstić information content (AvgIpc) is 3.06. The zero-order valence-electron chi connectivity index (χ0n) is 17.4. The largest absolute Gasteiger partial charge is 0.339 e. The molecule has 0 spiro atoms. The van der Waals surface area contributed by atoms with Crippen LogP contribution in [0.15, 0.2) is 54.6 Å². The molecule has 0 bridgehead atoms. The number of rotatable bonds is 3. The van der Waals surface area contributed by atoms with E-state index in [0.29, 0.717) is 13.1 Å². The van der Waals surface area contributed by atoms with Crippen LogP contribution in [0.3, 0.4) is 0 Å². The van der Waals surface area contributed by atoms with E-state index in [0.717, 1.165) is 36.6 Å². The van der Waals surface area contributed by atoms with E-state index in [1.807, 2.05) is 37.8 Å². The van der Waals surface area contributed by atoms with Gasteiger partial charge in [-0.3, -0.25) is 0 Å². The third kappa shape index (κ3) is 4.36.